The van der Waals surface area contributed by atoms with Crippen molar-refractivity contribution in [3.63, 3.8) is 0 Å². The van der Waals surface area contributed by atoms with Crippen LogP contribution in [-0.4, -0.2) is 40.3 Å². The molecular formula is C15H22O5. The Bertz CT molecular complexity index is 489. The fourth-order valence-electron chi connectivity index (χ4n) is 4.99. The van der Waals surface area contributed by atoms with E-state index in [-0.39, 0.29) is 37.1 Å². The van der Waals surface area contributed by atoms with Crippen LogP contribution in [-0.2, 0) is 14.3 Å². The largest absolute Gasteiger partial charge is 0.465 e. The minimum atomic E-state index is -1.45. The van der Waals surface area contributed by atoms with Gasteiger partial charge in [-0.3, -0.25) is 9.59 Å². The van der Waals surface area contributed by atoms with Crippen LogP contribution in [0.2, 0.25) is 0 Å². The molecule has 2 N–H and O–H groups in total. The lowest BCUT2D eigenvalue weighted by Gasteiger charge is -2.58. The van der Waals surface area contributed by atoms with Gasteiger partial charge in [-0.1, -0.05) is 20.8 Å². The van der Waals surface area contributed by atoms with E-state index in [1.807, 2.05) is 6.92 Å². The highest BCUT2D eigenvalue weighted by Crippen LogP contribution is 2.67. The standard InChI is InChI=1S/C15H22O5/c1-8-4-11(17)15(19)13(3)7-20-12(18)6-14(8,15)5-10(16)9(13)2/h8-9,11,17,19H,4-7H2,1-3H3/t8-,9+,11+,13-,14-,15+/m0/s1. The van der Waals surface area contributed by atoms with E-state index >= 15 is 0 Å². The van der Waals surface area contributed by atoms with Gasteiger partial charge in [0.1, 0.15) is 18.0 Å². The number of hydrogen-bond acceptors (Lipinski definition) is 5. The Morgan fingerprint density at radius 1 is 1.25 bits per heavy atom. The average molecular weight is 282 g/mol. The van der Waals surface area contributed by atoms with Crippen molar-refractivity contribution in [2.24, 2.45) is 22.7 Å². The second-order valence-corrected chi connectivity index (χ2v) is 7.19. The highest BCUT2D eigenvalue weighted by atomic mass is 16.5. The summed E-state index contributed by atoms with van der Waals surface area (Å²) in [5.74, 6) is -0.859. The Morgan fingerprint density at radius 3 is 2.55 bits per heavy atom. The fraction of sp³-hybridized carbons (Fsp3) is 0.867. The lowest BCUT2D eigenvalue weighted by Crippen LogP contribution is -2.69. The SMILES string of the molecule is C[C@@H]1C(=O)C[C@@]23CC(=O)OC[C@]1(C)[C@]2(O)[C@H](O)C[C@@H]3C. The number of aliphatic hydroxyl groups is 2. The molecule has 1 saturated heterocycles. The molecule has 0 unspecified atom stereocenters. The van der Waals surface area contributed by atoms with Crippen molar-refractivity contribution in [1.82, 2.24) is 0 Å². The van der Waals surface area contributed by atoms with Crippen LogP contribution in [0.25, 0.3) is 0 Å². The molecule has 2 saturated carbocycles. The third-order valence-corrected chi connectivity index (χ3v) is 6.55. The van der Waals surface area contributed by atoms with Crippen molar-refractivity contribution in [2.45, 2.75) is 51.7 Å². The van der Waals surface area contributed by atoms with E-state index < -0.39 is 28.5 Å². The second kappa shape index (κ2) is 3.83. The molecule has 3 rings (SSSR count). The minimum absolute atomic E-state index is 0.00970. The van der Waals surface area contributed by atoms with Crippen molar-refractivity contribution in [2.75, 3.05) is 6.61 Å². The summed E-state index contributed by atoms with van der Waals surface area (Å²) in [6.45, 7) is 5.42. The van der Waals surface area contributed by atoms with Crippen LogP contribution in [0.15, 0.2) is 0 Å². The molecule has 0 radical (unpaired) electrons. The fourth-order valence-corrected chi connectivity index (χ4v) is 4.99. The van der Waals surface area contributed by atoms with Gasteiger partial charge in [-0.2, -0.15) is 0 Å². The summed E-state index contributed by atoms with van der Waals surface area (Å²) in [7, 11) is 0. The number of carbonyl (C=O) groups excluding carboxylic acids is 2. The molecule has 6 atom stereocenters. The van der Waals surface area contributed by atoms with Crippen molar-refractivity contribution in [1.29, 1.82) is 0 Å². The molecule has 0 spiro atoms. The Balaban J connectivity index is 2.27. The zero-order chi connectivity index (χ0) is 14.9. The molecule has 5 heteroatoms. The van der Waals surface area contributed by atoms with Crippen LogP contribution in [0, 0.1) is 22.7 Å². The molecule has 112 valence electrons. The Labute approximate surface area is 118 Å². The van der Waals surface area contributed by atoms with E-state index in [4.69, 9.17) is 4.74 Å². The lowest BCUT2D eigenvalue weighted by molar-refractivity contribution is -0.235. The molecular weight excluding hydrogens is 260 g/mol. The van der Waals surface area contributed by atoms with E-state index in [2.05, 4.69) is 0 Å². The van der Waals surface area contributed by atoms with Crippen LogP contribution in [0.1, 0.15) is 40.0 Å². The molecule has 0 amide bonds. The van der Waals surface area contributed by atoms with Crippen LogP contribution in [0.3, 0.4) is 0 Å². The summed E-state index contributed by atoms with van der Waals surface area (Å²) in [5.41, 5.74) is -3.27. The number of esters is 1. The maximum absolute atomic E-state index is 12.4. The van der Waals surface area contributed by atoms with E-state index in [1.54, 1.807) is 13.8 Å². The van der Waals surface area contributed by atoms with Gasteiger partial charge < -0.3 is 14.9 Å². The third kappa shape index (κ3) is 1.26. The highest BCUT2D eigenvalue weighted by Gasteiger charge is 2.76. The van der Waals surface area contributed by atoms with Crippen molar-refractivity contribution in [3.05, 3.63) is 0 Å². The lowest BCUT2D eigenvalue weighted by atomic mass is 9.47. The maximum Gasteiger partial charge on any atom is 0.306 e. The topological polar surface area (TPSA) is 83.8 Å². The molecule has 0 aromatic rings. The van der Waals surface area contributed by atoms with Crippen LogP contribution in [0.5, 0.6) is 0 Å². The number of ether oxygens (including phenoxy) is 1. The normalized spacial score (nSPS) is 55.1. The number of aliphatic hydroxyl groups excluding tert-OH is 1. The molecule has 0 aromatic carbocycles. The van der Waals surface area contributed by atoms with Crippen molar-refractivity contribution < 1.29 is 24.5 Å². The van der Waals surface area contributed by atoms with E-state index in [9.17, 15) is 19.8 Å². The molecule has 2 aliphatic carbocycles. The molecule has 3 fully saturated rings. The van der Waals surface area contributed by atoms with Crippen LogP contribution < -0.4 is 0 Å². The third-order valence-electron chi connectivity index (χ3n) is 6.55. The molecule has 5 nitrogen and oxygen atoms in total. The van der Waals surface area contributed by atoms with Gasteiger partial charge in [-0.05, 0) is 12.3 Å². The predicted molar refractivity (Wildman–Crippen MR) is 69.6 cm³/mol. The summed E-state index contributed by atoms with van der Waals surface area (Å²) in [6.07, 6.45) is -0.351. The highest BCUT2D eigenvalue weighted by molar-refractivity contribution is 5.86. The van der Waals surface area contributed by atoms with Crippen molar-refractivity contribution in [3.8, 4) is 0 Å². The second-order valence-electron chi connectivity index (χ2n) is 7.19. The maximum atomic E-state index is 12.4. The first-order chi connectivity index (χ1) is 9.19. The van der Waals surface area contributed by atoms with Crippen LogP contribution >= 0.6 is 0 Å². The average Bonchev–Trinajstić information content (AvgIpc) is 2.52. The zero-order valence-electron chi connectivity index (χ0n) is 12.2. The summed E-state index contributed by atoms with van der Waals surface area (Å²) >= 11 is 0. The molecule has 0 aromatic heterocycles. The van der Waals surface area contributed by atoms with Gasteiger partial charge >= 0.3 is 5.97 Å². The number of cyclic esters (lactones) is 1. The smallest absolute Gasteiger partial charge is 0.306 e. The monoisotopic (exact) mass is 282 g/mol. The summed E-state index contributed by atoms with van der Waals surface area (Å²) in [5, 5.41) is 21.9. The molecule has 1 heterocycles. The number of carbonyl (C=O) groups is 2. The van der Waals surface area contributed by atoms with Gasteiger partial charge in [-0.15, -0.1) is 0 Å². The van der Waals surface area contributed by atoms with Gasteiger partial charge in [-0.25, -0.2) is 0 Å². The number of hydrogen-bond donors (Lipinski definition) is 2. The van der Waals surface area contributed by atoms with Gasteiger partial charge in [0, 0.05) is 23.2 Å². The first-order valence-electron chi connectivity index (χ1n) is 7.28. The summed E-state index contributed by atoms with van der Waals surface area (Å²) in [6, 6.07) is 0. The molecule has 3 aliphatic rings. The van der Waals surface area contributed by atoms with Gasteiger partial charge in [0.15, 0.2) is 0 Å². The first-order valence-corrected chi connectivity index (χ1v) is 7.28. The predicted octanol–water partition coefficient (Wildman–Crippen LogP) is 0.667. The zero-order valence-corrected chi connectivity index (χ0v) is 12.2. The number of Topliss-reactive ketones (excluding diaryl/α,β-unsaturated/α-hetero) is 1. The quantitative estimate of drug-likeness (QED) is 0.638. The van der Waals surface area contributed by atoms with Crippen molar-refractivity contribution >= 4 is 11.8 Å². The summed E-state index contributed by atoms with van der Waals surface area (Å²) < 4.78 is 5.27. The molecule has 1 aliphatic heterocycles. The Kier molecular flexibility index (Phi) is 2.68. The molecule has 2 bridgehead atoms. The Morgan fingerprint density at radius 2 is 1.90 bits per heavy atom. The van der Waals surface area contributed by atoms with Gasteiger partial charge in [0.05, 0.1) is 12.5 Å². The number of ketones is 1. The Hall–Kier alpha value is -0.940. The van der Waals surface area contributed by atoms with Crippen LogP contribution in [0.4, 0.5) is 0 Å². The van der Waals surface area contributed by atoms with E-state index in [1.165, 1.54) is 0 Å². The number of rotatable bonds is 0. The van der Waals surface area contributed by atoms with E-state index in [0.29, 0.717) is 6.42 Å². The summed E-state index contributed by atoms with van der Waals surface area (Å²) in [4.78, 5) is 24.4. The van der Waals surface area contributed by atoms with Gasteiger partial charge in [0.2, 0.25) is 0 Å². The molecule has 20 heavy (non-hydrogen) atoms. The van der Waals surface area contributed by atoms with Gasteiger partial charge in [0.25, 0.3) is 0 Å². The minimum Gasteiger partial charge on any atom is -0.465 e. The first kappa shape index (κ1) is 14.0. The van der Waals surface area contributed by atoms with E-state index in [0.717, 1.165) is 0 Å².